The van der Waals surface area contributed by atoms with Crippen LogP contribution in [-0.4, -0.2) is 23.7 Å². The van der Waals surface area contributed by atoms with Crippen LogP contribution in [0.4, 0.5) is 0 Å². The summed E-state index contributed by atoms with van der Waals surface area (Å²) in [5, 5.41) is 0.578. The predicted octanol–water partition coefficient (Wildman–Crippen LogP) is 3.00. The second-order valence-corrected chi connectivity index (χ2v) is 5.98. The lowest BCUT2D eigenvalue weighted by molar-refractivity contribution is -0.115. The molecule has 2 nitrogen and oxygen atoms in total. The number of thiol groups is 1. The van der Waals surface area contributed by atoms with E-state index in [9.17, 15) is 4.79 Å². The molecule has 2 unspecified atom stereocenters. The summed E-state index contributed by atoms with van der Waals surface area (Å²) in [7, 11) is 0. The highest BCUT2D eigenvalue weighted by Crippen LogP contribution is 2.30. The third-order valence-electron chi connectivity index (χ3n) is 3.89. The van der Waals surface area contributed by atoms with Crippen molar-refractivity contribution in [3.05, 3.63) is 0 Å². The number of rotatable bonds is 3. The van der Waals surface area contributed by atoms with Gasteiger partial charge in [0.15, 0.2) is 0 Å². The van der Waals surface area contributed by atoms with Crippen LogP contribution in [0.5, 0.6) is 0 Å². The minimum atomic E-state index is 0.250. The molecular weight excluding hydrogens is 220 g/mol. The molecule has 0 heterocycles. The molecule has 0 amide bonds. The van der Waals surface area contributed by atoms with Gasteiger partial charge < -0.3 is 9.53 Å². The summed E-state index contributed by atoms with van der Waals surface area (Å²) in [6, 6.07) is 0. The fourth-order valence-corrected chi connectivity index (χ4v) is 3.18. The summed E-state index contributed by atoms with van der Waals surface area (Å²) in [5.74, 6) is 0.250. The van der Waals surface area contributed by atoms with E-state index in [1.54, 1.807) is 0 Å². The van der Waals surface area contributed by atoms with Crippen LogP contribution in [0.1, 0.15) is 51.4 Å². The van der Waals surface area contributed by atoms with E-state index in [1.807, 2.05) is 0 Å². The molecule has 3 heteroatoms. The quantitative estimate of drug-likeness (QED) is 0.608. The Bertz CT molecular complexity index is 224. The lowest BCUT2D eigenvalue weighted by Gasteiger charge is -2.33. The molecule has 0 bridgehead atoms. The highest BCUT2D eigenvalue weighted by atomic mass is 32.1. The normalized spacial score (nSPS) is 40.6. The molecule has 16 heavy (non-hydrogen) atoms. The van der Waals surface area contributed by atoms with E-state index in [2.05, 4.69) is 12.6 Å². The van der Waals surface area contributed by atoms with Crippen molar-refractivity contribution in [1.82, 2.24) is 0 Å². The lowest BCUT2D eigenvalue weighted by atomic mass is 9.87. The smallest absolute Gasteiger partial charge is 0.123 e. The van der Waals surface area contributed by atoms with Crippen LogP contribution in [0.3, 0.4) is 0 Å². The number of carbonyl (C=O) groups is 1. The van der Waals surface area contributed by atoms with Crippen molar-refractivity contribution >= 4 is 18.9 Å². The molecule has 2 aliphatic rings. The minimum absolute atomic E-state index is 0.250. The summed E-state index contributed by atoms with van der Waals surface area (Å²) in [6.07, 6.45) is 10.8. The molecule has 0 aromatic carbocycles. The van der Waals surface area contributed by atoms with Gasteiger partial charge in [-0.1, -0.05) is 6.42 Å². The first kappa shape index (κ1) is 12.4. The number of hydrogen-bond donors (Lipinski definition) is 1. The highest BCUT2D eigenvalue weighted by Gasteiger charge is 2.26. The zero-order chi connectivity index (χ0) is 11.4. The topological polar surface area (TPSA) is 26.3 Å². The van der Waals surface area contributed by atoms with Crippen LogP contribution in [-0.2, 0) is 9.53 Å². The summed E-state index contributed by atoms with van der Waals surface area (Å²) in [6.45, 7) is 0. The van der Waals surface area contributed by atoms with Gasteiger partial charge in [0, 0.05) is 11.2 Å². The number of carbonyl (C=O) groups excluding carboxylic acids is 1. The van der Waals surface area contributed by atoms with Gasteiger partial charge >= 0.3 is 0 Å². The Labute approximate surface area is 104 Å². The van der Waals surface area contributed by atoms with Crippen molar-refractivity contribution in [3.8, 4) is 0 Å². The maximum atomic E-state index is 10.8. The zero-order valence-electron chi connectivity index (χ0n) is 9.81. The molecule has 0 aliphatic heterocycles. The lowest BCUT2D eigenvalue weighted by Crippen LogP contribution is -2.31. The molecule has 92 valence electrons. The average molecular weight is 242 g/mol. The summed E-state index contributed by atoms with van der Waals surface area (Å²) in [5.41, 5.74) is 0. The van der Waals surface area contributed by atoms with E-state index < -0.39 is 0 Å². The van der Waals surface area contributed by atoms with Crippen molar-refractivity contribution in [1.29, 1.82) is 0 Å². The van der Waals surface area contributed by atoms with Crippen LogP contribution in [0.2, 0.25) is 0 Å². The van der Waals surface area contributed by atoms with Crippen molar-refractivity contribution < 1.29 is 9.53 Å². The largest absolute Gasteiger partial charge is 0.375 e. The van der Waals surface area contributed by atoms with Gasteiger partial charge in [-0.2, -0.15) is 12.6 Å². The van der Waals surface area contributed by atoms with Crippen LogP contribution >= 0.6 is 12.6 Å². The fourth-order valence-electron chi connectivity index (χ4n) is 2.88. The molecule has 2 atom stereocenters. The molecular formula is C13H22O2S. The van der Waals surface area contributed by atoms with Gasteiger partial charge in [-0.3, -0.25) is 0 Å². The molecule has 0 radical (unpaired) electrons. The maximum absolute atomic E-state index is 10.8. The monoisotopic (exact) mass is 242 g/mol. The van der Waals surface area contributed by atoms with Gasteiger partial charge in [0.1, 0.15) is 6.29 Å². The molecule has 0 aromatic rings. The Balaban J connectivity index is 1.74. The summed E-state index contributed by atoms with van der Waals surface area (Å²) in [4.78, 5) is 10.8. The van der Waals surface area contributed by atoms with E-state index in [4.69, 9.17) is 4.74 Å². The zero-order valence-corrected chi connectivity index (χ0v) is 10.7. The van der Waals surface area contributed by atoms with Crippen molar-refractivity contribution in [2.24, 2.45) is 5.92 Å². The molecule has 2 saturated carbocycles. The molecule has 2 aliphatic carbocycles. The Morgan fingerprint density at radius 3 is 2.44 bits per heavy atom. The molecule has 0 spiro atoms. The van der Waals surface area contributed by atoms with Gasteiger partial charge in [0.2, 0.25) is 0 Å². The van der Waals surface area contributed by atoms with E-state index >= 15 is 0 Å². The van der Waals surface area contributed by atoms with Gasteiger partial charge in [-0.25, -0.2) is 0 Å². The fraction of sp³-hybridized carbons (Fsp3) is 0.923. The Hall–Kier alpha value is -0.0200. The highest BCUT2D eigenvalue weighted by molar-refractivity contribution is 7.80. The summed E-state index contributed by atoms with van der Waals surface area (Å²) >= 11 is 4.50. The molecule has 0 saturated heterocycles. The first-order chi connectivity index (χ1) is 7.78. The van der Waals surface area contributed by atoms with E-state index in [0.717, 1.165) is 44.8 Å². The van der Waals surface area contributed by atoms with Crippen molar-refractivity contribution in [3.63, 3.8) is 0 Å². The second kappa shape index (κ2) is 6.06. The Morgan fingerprint density at radius 2 is 1.75 bits per heavy atom. The summed E-state index contributed by atoms with van der Waals surface area (Å²) < 4.78 is 6.12. The third kappa shape index (κ3) is 3.49. The number of ether oxygens (including phenoxy) is 1. The molecule has 2 fully saturated rings. The van der Waals surface area contributed by atoms with Crippen LogP contribution in [0.15, 0.2) is 0 Å². The SMILES string of the molecule is O=CC1CCCC(OC2CCC(S)CC2)C1. The molecule has 2 rings (SSSR count). The standard InChI is InChI=1S/C13H22O2S/c14-9-10-2-1-3-12(8-10)15-11-4-6-13(16)7-5-11/h9-13,16H,1-8H2. The first-order valence-corrected chi connectivity index (χ1v) is 7.08. The van der Waals surface area contributed by atoms with E-state index in [-0.39, 0.29) is 5.92 Å². The number of hydrogen-bond acceptors (Lipinski definition) is 3. The minimum Gasteiger partial charge on any atom is -0.375 e. The van der Waals surface area contributed by atoms with Gasteiger partial charge in [-0.05, 0) is 44.9 Å². The van der Waals surface area contributed by atoms with Crippen LogP contribution in [0.25, 0.3) is 0 Å². The second-order valence-electron chi connectivity index (χ2n) is 5.25. The van der Waals surface area contributed by atoms with E-state index in [0.29, 0.717) is 17.5 Å². The van der Waals surface area contributed by atoms with Crippen LogP contribution < -0.4 is 0 Å². The van der Waals surface area contributed by atoms with Crippen molar-refractivity contribution in [2.45, 2.75) is 68.8 Å². The van der Waals surface area contributed by atoms with Gasteiger partial charge in [-0.15, -0.1) is 0 Å². The average Bonchev–Trinajstić information content (AvgIpc) is 2.32. The maximum Gasteiger partial charge on any atom is 0.123 e. The van der Waals surface area contributed by atoms with Crippen molar-refractivity contribution in [2.75, 3.05) is 0 Å². The van der Waals surface area contributed by atoms with Crippen LogP contribution in [0, 0.1) is 5.92 Å². The third-order valence-corrected chi connectivity index (χ3v) is 4.40. The Kier molecular flexibility index (Phi) is 4.71. The van der Waals surface area contributed by atoms with Gasteiger partial charge in [0.25, 0.3) is 0 Å². The molecule has 0 aromatic heterocycles. The first-order valence-electron chi connectivity index (χ1n) is 6.56. The van der Waals surface area contributed by atoms with Gasteiger partial charge in [0.05, 0.1) is 12.2 Å². The predicted molar refractivity (Wildman–Crippen MR) is 67.9 cm³/mol. The Morgan fingerprint density at radius 1 is 1.00 bits per heavy atom. The molecule has 0 N–H and O–H groups in total. The number of aldehydes is 1. The van der Waals surface area contributed by atoms with E-state index in [1.165, 1.54) is 12.8 Å².